The number of non-ortho nitro benzene ring substituents is 1. The first-order valence-electron chi connectivity index (χ1n) is 4.46. The van der Waals surface area contributed by atoms with Gasteiger partial charge < -0.3 is 10.5 Å². The summed E-state index contributed by atoms with van der Waals surface area (Å²) in [5.74, 6) is 1.33. The number of nitro groups is 1. The molecule has 0 fully saturated rings. The summed E-state index contributed by atoms with van der Waals surface area (Å²) in [6.45, 7) is 0.404. The molecular formula is C9H10N2O3S. The van der Waals surface area contributed by atoms with Crippen LogP contribution in [0.15, 0.2) is 23.1 Å². The Bertz CT molecular complexity index is 397. The van der Waals surface area contributed by atoms with Crippen molar-refractivity contribution in [2.75, 3.05) is 12.4 Å². The van der Waals surface area contributed by atoms with Gasteiger partial charge in [-0.3, -0.25) is 10.1 Å². The van der Waals surface area contributed by atoms with Crippen LogP contribution in [0.3, 0.4) is 0 Å². The number of benzene rings is 1. The highest BCUT2D eigenvalue weighted by atomic mass is 32.2. The van der Waals surface area contributed by atoms with Crippen molar-refractivity contribution in [2.45, 2.75) is 10.9 Å². The van der Waals surface area contributed by atoms with Crippen LogP contribution in [0, 0.1) is 10.1 Å². The van der Waals surface area contributed by atoms with Crippen molar-refractivity contribution >= 4 is 17.4 Å². The molecule has 0 aliphatic carbocycles. The van der Waals surface area contributed by atoms with Gasteiger partial charge in [0, 0.05) is 22.8 Å². The minimum Gasteiger partial charge on any atom is -0.491 e. The van der Waals surface area contributed by atoms with E-state index in [-0.39, 0.29) is 11.7 Å². The quantitative estimate of drug-likeness (QED) is 0.578. The van der Waals surface area contributed by atoms with Crippen LogP contribution in [0.25, 0.3) is 0 Å². The molecule has 1 heterocycles. The number of nitrogens with two attached hydrogens (primary N) is 1. The predicted molar refractivity (Wildman–Crippen MR) is 57.3 cm³/mol. The van der Waals surface area contributed by atoms with Crippen LogP contribution in [0.1, 0.15) is 0 Å². The molecule has 0 aromatic heterocycles. The molecule has 80 valence electrons. The van der Waals surface area contributed by atoms with Crippen molar-refractivity contribution in [3.05, 3.63) is 28.3 Å². The van der Waals surface area contributed by atoms with E-state index >= 15 is 0 Å². The number of hydrogen-bond acceptors (Lipinski definition) is 5. The summed E-state index contributed by atoms with van der Waals surface area (Å²) in [4.78, 5) is 11.0. The van der Waals surface area contributed by atoms with Gasteiger partial charge in [-0.15, -0.1) is 11.8 Å². The van der Waals surface area contributed by atoms with Gasteiger partial charge in [0.15, 0.2) is 0 Å². The molecule has 0 unspecified atom stereocenters. The average molecular weight is 226 g/mol. The first-order valence-corrected chi connectivity index (χ1v) is 5.45. The van der Waals surface area contributed by atoms with E-state index < -0.39 is 4.92 Å². The molecule has 1 aliphatic rings. The van der Waals surface area contributed by atoms with Crippen LogP contribution in [0.4, 0.5) is 5.69 Å². The highest BCUT2D eigenvalue weighted by molar-refractivity contribution is 7.99. The summed E-state index contributed by atoms with van der Waals surface area (Å²) in [6.07, 6.45) is 0. The minimum absolute atomic E-state index is 0.0264. The summed E-state index contributed by atoms with van der Waals surface area (Å²) in [6, 6.07) is 4.60. The molecule has 5 nitrogen and oxygen atoms in total. The lowest BCUT2D eigenvalue weighted by atomic mass is 10.3. The molecule has 1 aromatic rings. The fraction of sp³-hybridized carbons (Fsp3) is 0.333. The molecule has 2 N–H and O–H groups in total. The van der Waals surface area contributed by atoms with Gasteiger partial charge in [0.25, 0.3) is 5.69 Å². The second-order valence-electron chi connectivity index (χ2n) is 3.27. The number of nitrogens with zero attached hydrogens (tertiary/aromatic N) is 1. The summed E-state index contributed by atoms with van der Waals surface area (Å²) in [5.41, 5.74) is 5.78. The summed E-state index contributed by atoms with van der Waals surface area (Å²) >= 11 is 1.57. The maximum atomic E-state index is 10.6. The third-order valence-electron chi connectivity index (χ3n) is 2.04. The number of rotatable bonds is 1. The first-order chi connectivity index (χ1) is 7.16. The van der Waals surface area contributed by atoms with E-state index in [1.54, 1.807) is 17.8 Å². The second-order valence-corrected chi connectivity index (χ2v) is 4.33. The number of nitro benzene ring substituents is 1. The van der Waals surface area contributed by atoms with Crippen molar-refractivity contribution < 1.29 is 9.66 Å². The Balaban J connectivity index is 2.32. The molecule has 0 saturated carbocycles. The summed E-state index contributed by atoms with van der Waals surface area (Å²) < 4.78 is 5.40. The number of fused-ring (bicyclic) bond motifs is 1. The number of thioether (sulfide) groups is 1. The molecule has 0 saturated heterocycles. The lowest BCUT2D eigenvalue weighted by Gasteiger charge is -2.06. The predicted octanol–water partition coefficient (Wildman–Crippen LogP) is 1.41. The van der Waals surface area contributed by atoms with E-state index in [2.05, 4.69) is 0 Å². The standard InChI is InChI=1S/C9H10N2O3S/c10-6-4-14-8-3-7(11(12)13)1-2-9(8)15-5-6/h1-3,6H,4-5,10H2/t6-/m1/s1. The Morgan fingerprint density at radius 1 is 1.60 bits per heavy atom. The average Bonchev–Trinajstić information content (AvgIpc) is 2.40. The fourth-order valence-corrected chi connectivity index (χ4v) is 2.20. The zero-order chi connectivity index (χ0) is 10.8. The zero-order valence-electron chi connectivity index (χ0n) is 7.88. The fourth-order valence-electron chi connectivity index (χ4n) is 1.28. The lowest BCUT2D eigenvalue weighted by molar-refractivity contribution is -0.385. The Morgan fingerprint density at radius 3 is 3.13 bits per heavy atom. The molecule has 1 aliphatic heterocycles. The van der Waals surface area contributed by atoms with E-state index in [0.29, 0.717) is 12.4 Å². The number of ether oxygens (including phenoxy) is 1. The maximum Gasteiger partial charge on any atom is 0.273 e. The van der Waals surface area contributed by atoms with Crippen LogP contribution in [-0.2, 0) is 0 Å². The lowest BCUT2D eigenvalue weighted by Crippen LogP contribution is -2.28. The van der Waals surface area contributed by atoms with Gasteiger partial charge in [0.05, 0.1) is 11.0 Å². The Morgan fingerprint density at radius 2 is 2.40 bits per heavy atom. The van der Waals surface area contributed by atoms with E-state index in [0.717, 1.165) is 10.6 Å². The Labute approximate surface area is 90.7 Å². The molecular weight excluding hydrogens is 216 g/mol. The smallest absolute Gasteiger partial charge is 0.273 e. The van der Waals surface area contributed by atoms with Gasteiger partial charge in [-0.05, 0) is 6.07 Å². The molecule has 0 spiro atoms. The highest BCUT2D eigenvalue weighted by Gasteiger charge is 2.17. The van der Waals surface area contributed by atoms with Crippen molar-refractivity contribution in [3.8, 4) is 5.75 Å². The molecule has 2 rings (SSSR count). The van der Waals surface area contributed by atoms with Gasteiger partial charge in [-0.2, -0.15) is 0 Å². The molecule has 15 heavy (non-hydrogen) atoms. The van der Waals surface area contributed by atoms with Crippen molar-refractivity contribution in [3.63, 3.8) is 0 Å². The zero-order valence-corrected chi connectivity index (χ0v) is 8.70. The number of hydrogen-bond donors (Lipinski definition) is 1. The molecule has 6 heteroatoms. The van der Waals surface area contributed by atoms with E-state index in [1.807, 2.05) is 0 Å². The second kappa shape index (κ2) is 4.08. The van der Waals surface area contributed by atoms with E-state index in [4.69, 9.17) is 10.5 Å². The van der Waals surface area contributed by atoms with Crippen molar-refractivity contribution in [2.24, 2.45) is 5.73 Å². The topological polar surface area (TPSA) is 78.4 Å². The van der Waals surface area contributed by atoms with E-state index in [1.165, 1.54) is 12.1 Å². The van der Waals surface area contributed by atoms with E-state index in [9.17, 15) is 10.1 Å². The van der Waals surface area contributed by atoms with Crippen LogP contribution >= 0.6 is 11.8 Å². The normalized spacial score (nSPS) is 19.9. The summed E-state index contributed by atoms with van der Waals surface area (Å²) in [5, 5.41) is 10.6. The molecule has 1 aromatic carbocycles. The minimum atomic E-state index is -0.431. The van der Waals surface area contributed by atoms with Gasteiger partial charge >= 0.3 is 0 Å². The summed E-state index contributed by atoms with van der Waals surface area (Å²) in [7, 11) is 0. The van der Waals surface area contributed by atoms with Gasteiger partial charge in [0.2, 0.25) is 0 Å². The van der Waals surface area contributed by atoms with Gasteiger partial charge in [-0.25, -0.2) is 0 Å². The third-order valence-corrected chi connectivity index (χ3v) is 3.29. The largest absolute Gasteiger partial charge is 0.491 e. The SMILES string of the molecule is N[C@@H]1COc2cc([N+](=O)[O-])ccc2SC1. The monoisotopic (exact) mass is 226 g/mol. The van der Waals surface area contributed by atoms with Crippen molar-refractivity contribution in [1.82, 2.24) is 0 Å². The Hall–Kier alpha value is -1.27. The van der Waals surface area contributed by atoms with Crippen LogP contribution in [-0.4, -0.2) is 23.3 Å². The molecule has 0 bridgehead atoms. The van der Waals surface area contributed by atoms with Crippen molar-refractivity contribution in [1.29, 1.82) is 0 Å². The van der Waals surface area contributed by atoms with Gasteiger partial charge in [0.1, 0.15) is 12.4 Å². The van der Waals surface area contributed by atoms with Crippen LogP contribution in [0.5, 0.6) is 5.75 Å². The molecule has 1 atom stereocenters. The van der Waals surface area contributed by atoms with Crippen LogP contribution in [0.2, 0.25) is 0 Å². The molecule has 0 radical (unpaired) electrons. The van der Waals surface area contributed by atoms with Crippen LogP contribution < -0.4 is 10.5 Å². The highest BCUT2D eigenvalue weighted by Crippen LogP contribution is 2.34. The Kier molecular flexibility index (Phi) is 2.79. The van der Waals surface area contributed by atoms with Gasteiger partial charge in [-0.1, -0.05) is 0 Å². The molecule has 0 amide bonds. The third kappa shape index (κ3) is 2.21. The maximum absolute atomic E-state index is 10.6. The first kappa shape index (κ1) is 10.3.